The van der Waals surface area contributed by atoms with Crippen LogP contribution >= 0.6 is 0 Å². The first-order valence-corrected chi connectivity index (χ1v) is 5.61. The summed E-state index contributed by atoms with van der Waals surface area (Å²) in [6, 6.07) is 8.37. The molecule has 1 unspecified atom stereocenters. The van der Waals surface area contributed by atoms with E-state index >= 15 is 0 Å². The maximum absolute atomic E-state index is 9.42. The molecule has 0 bridgehead atoms. The lowest BCUT2D eigenvalue weighted by Gasteiger charge is -2.09. The van der Waals surface area contributed by atoms with Crippen LogP contribution in [0.25, 0.3) is 10.9 Å². The van der Waals surface area contributed by atoms with E-state index in [4.69, 9.17) is 5.11 Å². The molecular weight excluding hydrogens is 202 g/mol. The van der Waals surface area contributed by atoms with Gasteiger partial charge in [-0.2, -0.15) is 0 Å². The van der Waals surface area contributed by atoms with Gasteiger partial charge in [-0.1, -0.05) is 13.0 Å². The first-order valence-electron chi connectivity index (χ1n) is 5.61. The molecular formula is C13H17NO2. The van der Waals surface area contributed by atoms with Gasteiger partial charge in [0, 0.05) is 11.7 Å². The fourth-order valence-electron chi connectivity index (χ4n) is 1.91. The molecule has 86 valence electrons. The summed E-state index contributed by atoms with van der Waals surface area (Å²) in [5.74, 6) is 0. The normalized spacial score (nSPS) is 13.2. The van der Waals surface area contributed by atoms with E-state index < -0.39 is 6.10 Å². The van der Waals surface area contributed by atoms with Crippen molar-refractivity contribution in [1.29, 1.82) is 0 Å². The third kappa shape index (κ3) is 2.10. The second-order valence-corrected chi connectivity index (χ2v) is 4.05. The zero-order valence-electron chi connectivity index (χ0n) is 9.43. The number of aliphatic hydroxyl groups excluding tert-OH is 2. The average molecular weight is 219 g/mol. The Morgan fingerprint density at radius 2 is 2.12 bits per heavy atom. The third-order valence-electron chi connectivity index (χ3n) is 2.86. The standard InChI is InChI=1S/C13H17NO2/c1-2-10-3-4-13-11(7-10)5-6-14(13)8-12(16)9-15/h3-7,12,15-16H,2,8-9H2,1H3. The Morgan fingerprint density at radius 1 is 1.31 bits per heavy atom. The maximum atomic E-state index is 9.42. The van der Waals surface area contributed by atoms with Crippen molar-refractivity contribution < 1.29 is 10.2 Å². The molecule has 1 heterocycles. The van der Waals surface area contributed by atoms with Gasteiger partial charge < -0.3 is 14.8 Å². The monoisotopic (exact) mass is 219 g/mol. The Hall–Kier alpha value is -1.32. The quantitative estimate of drug-likeness (QED) is 0.819. The minimum atomic E-state index is -0.693. The Kier molecular flexibility index (Phi) is 3.27. The van der Waals surface area contributed by atoms with E-state index in [-0.39, 0.29) is 6.61 Å². The molecule has 2 N–H and O–H groups in total. The van der Waals surface area contributed by atoms with Gasteiger partial charge in [0.15, 0.2) is 0 Å². The van der Waals surface area contributed by atoms with Crippen molar-refractivity contribution in [3.8, 4) is 0 Å². The lowest BCUT2D eigenvalue weighted by molar-refractivity contribution is 0.0822. The van der Waals surface area contributed by atoms with Crippen LogP contribution < -0.4 is 0 Å². The minimum absolute atomic E-state index is 0.202. The predicted molar refractivity (Wildman–Crippen MR) is 64.4 cm³/mol. The highest BCUT2D eigenvalue weighted by molar-refractivity contribution is 5.80. The van der Waals surface area contributed by atoms with Crippen molar-refractivity contribution in [1.82, 2.24) is 4.57 Å². The van der Waals surface area contributed by atoms with E-state index in [1.807, 2.05) is 16.8 Å². The van der Waals surface area contributed by atoms with E-state index in [0.29, 0.717) is 6.54 Å². The average Bonchev–Trinajstić information content (AvgIpc) is 2.71. The number of nitrogens with zero attached hydrogens (tertiary/aromatic N) is 1. The molecule has 16 heavy (non-hydrogen) atoms. The van der Waals surface area contributed by atoms with Gasteiger partial charge in [-0.15, -0.1) is 0 Å². The maximum Gasteiger partial charge on any atom is 0.0949 e. The van der Waals surface area contributed by atoms with Gasteiger partial charge in [0.25, 0.3) is 0 Å². The molecule has 1 atom stereocenters. The van der Waals surface area contributed by atoms with E-state index in [1.54, 1.807) is 0 Å². The molecule has 0 saturated heterocycles. The van der Waals surface area contributed by atoms with Gasteiger partial charge in [-0.3, -0.25) is 0 Å². The van der Waals surface area contributed by atoms with Crippen molar-refractivity contribution in [2.45, 2.75) is 26.0 Å². The van der Waals surface area contributed by atoms with E-state index in [1.165, 1.54) is 10.9 Å². The molecule has 3 nitrogen and oxygen atoms in total. The van der Waals surface area contributed by atoms with Crippen LogP contribution in [0.1, 0.15) is 12.5 Å². The van der Waals surface area contributed by atoms with Crippen molar-refractivity contribution in [2.24, 2.45) is 0 Å². The lowest BCUT2D eigenvalue weighted by Crippen LogP contribution is -2.19. The number of aliphatic hydroxyl groups is 2. The smallest absolute Gasteiger partial charge is 0.0949 e. The Labute approximate surface area is 94.9 Å². The summed E-state index contributed by atoms with van der Waals surface area (Å²) in [5.41, 5.74) is 2.41. The number of fused-ring (bicyclic) bond motifs is 1. The fourth-order valence-corrected chi connectivity index (χ4v) is 1.91. The Morgan fingerprint density at radius 3 is 2.81 bits per heavy atom. The second kappa shape index (κ2) is 4.68. The summed E-state index contributed by atoms with van der Waals surface area (Å²) < 4.78 is 1.97. The highest BCUT2D eigenvalue weighted by Gasteiger charge is 2.06. The molecule has 1 aromatic carbocycles. The summed E-state index contributed by atoms with van der Waals surface area (Å²) in [6.07, 6.45) is 2.28. The van der Waals surface area contributed by atoms with Crippen LogP contribution in [0.2, 0.25) is 0 Å². The minimum Gasteiger partial charge on any atom is -0.394 e. The number of benzene rings is 1. The topological polar surface area (TPSA) is 45.4 Å². The summed E-state index contributed by atoms with van der Waals surface area (Å²) in [5, 5.41) is 19.4. The largest absolute Gasteiger partial charge is 0.394 e. The van der Waals surface area contributed by atoms with Crippen LogP contribution in [0.4, 0.5) is 0 Å². The number of aryl methyl sites for hydroxylation is 1. The highest BCUT2D eigenvalue weighted by Crippen LogP contribution is 2.18. The fraction of sp³-hybridized carbons (Fsp3) is 0.385. The summed E-state index contributed by atoms with van der Waals surface area (Å²) in [7, 11) is 0. The number of hydrogen-bond donors (Lipinski definition) is 2. The molecule has 0 aliphatic carbocycles. The van der Waals surface area contributed by atoms with Gasteiger partial charge in [0.05, 0.1) is 19.3 Å². The first kappa shape index (κ1) is 11.2. The SMILES string of the molecule is CCc1ccc2c(ccn2CC(O)CO)c1. The van der Waals surface area contributed by atoms with Crippen LogP contribution in [-0.4, -0.2) is 27.5 Å². The van der Waals surface area contributed by atoms with Gasteiger partial charge in [-0.25, -0.2) is 0 Å². The highest BCUT2D eigenvalue weighted by atomic mass is 16.3. The summed E-state index contributed by atoms with van der Waals surface area (Å²) >= 11 is 0. The van der Waals surface area contributed by atoms with Gasteiger partial charge in [-0.05, 0) is 35.6 Å². The van der Waals surface area contributed by atoms with E-state index in [9.17, 15) is 5.11 Å². The van der Waals surface area contributed by atoms with Gasteiger partial charge in [0.1, 0.15) is 0 Å². The zero-order chi connectivity index (χ0) is 11.5. The van der Waals surface area contributed by atoms with Crippen molar-refractivity contribution in [3.63, 3.8) is 0 Å². The second-order valence-electron chi connectivity index (χ2n) is 4.05. The molecule has 0 spiro atoms. The van der Waals surface area contributed by atoms with Gasteiger partial charge >= 0.3 is 0 Å². The predicted octanol–water partition coefficient (Wildman–Crippen LogP) is 1.56. The third-order valence-corrected chi connectivity index (χ3v) is 2.86. The lowest BCUT2D eigenvalue weighted by atomic mass is 10.1. The van der Waals surface area contributed by atoms with Crippen LogP contribution in [-0.2, 0) is 13.0 Å². The molecule has 0 amide bonds. The van der Waals surface area contributed by atoms with E-state index in [2.05, 4.69) is 25.1 Å². The van der Waals surface area contributed by atoms with Crippen LogP contribution in [0.5, 0.6) is 0 Å². The zero-order valence-corrected chi connectivity index (χ0v) is 9.43. The number of rotatable bonds is 4. The Bertz CT molecular complexity index is 476. The van der Waals surface area contributed by atoms with Gasteiger partial charge in [0.2, 0.25) is 0 Å². The number of aromatic nitrogens is 1. The number of hydrogen-bond acceptors (Lipinski definition) is 2. The van der Waals surface area contributed by atoms with Crippen molar-refractivity contribution in [2.75, 3.05) is 6.61 Å². The Balaban J connectivity index is 2.34. The molecule has 3 heteroatoms. The molecule has 0 saturated carbocycles. The summed E-state index contributed by atoms with van der Waals surface area (Å²) in [6.45, 7) is 2.37. The molecule has 1 aromatic heterocycles. The van der Waals surface area contributed by atoms with Crippen LogP contribution in [0.3, 0.4) is 0 Å². The first-order chi connectivity index (χ1) is 7.74. The molecule has 2 aromatic rings. The van der Waals surface area contributed by atoms with E-state index in [0.717, 1.165) is 11.9 Å². The molecule has 0 radical (unpaired) electrons. The molecule has 0 aliphatic rings. The summed E-state index contributed by atoms with van der Waals surface area (Å²) in [4.78, 5) is 0. The molecule has 2 rings (SSSR count). The molecule has 0 aliphatic heterocycles. The van der Waals surface area contributed by atoms with Crippen LogP contribution in [0.15, 0.2) is 30.5 Å². The van der Waals surface area contributed by atoms with Crippen LogP contribution in [0, 0.1) is 0 Å². The van der Waals surface area contributed by atoms with Crippen molar-refractivity contribution in [3.05, 3.63) is 36.0 Å². The van der Waals surface area contributed by atoms with Crippen molar-refractivity contribution >= 4 is 10.9 Å². The molecule has 0 fully saturated rings.